The largest absolute Gasteiger partial charge is 0.450 e. The summed E-state index contributed by atoms with van der Waals surface area (Å²) in [6.07, 6.45) is 1.19. The van der Waals surface area contributed by atoms with Crippen molar-refractivity contribution in [3.63, 3.8) is 0 Å². The van der Waals surface area contributed by atoms with Gasteiger partial charge in [-0.3, -0.25) is 10.3 Å². The highest BCUT2D eigenvalue weighted by molar-refractivity contribution is 5.85. The highest BCUT2D eigenvalue weighted by Gasteiger charge is 2.07. The molecule has 0 aliphatic rings. The Labute approximate surface area is 112 Å². The number of rotatable bonds is 3. The van der Waals surface area contributed by atoms with Gasteiger partial charge >= 0.3 is 6.09 Å². The maximum atomic E-state index is 11.4. The van der Waals surface area contributed by atoms with Crippen LogP contribution in [0.2, 0.25) is 0 Å². The highest BCUT2D eigenvalue weighted by Crippen LogP contribution is 2.21. The van der Waals surface area contributed by atoms with E-state index in [9.17, 15) is 4.79 Å². The number of nitrogens with zero attached hydrogens (tertiary/aromatic N) is 1. The Kier molecular flexibility index (Phi) is 4.13. The van der Waals surface area contributed by atoms with Crippen LogP contribution in [0.4, 0.5) is 10.5 Å². The second kappa shape index (κ2) is 6.00. The fraction of sp³-hybridized carbons (Fsp3) is 0.200. The van der Waals surface area contributed by atoms with Crippen LogP contribution in [0, 0.1) is 6.92 Å². The maximum absolute atomic E-state index is 11.4. The molecule has 0 fully saturated rings. The number of ether oxygens (including phenoxy) is 1. The van der Waals surface area contributed by atoms with Crippen molar-refractivity contribution in [3.8, 4) is 11.3 Å². The number of amides is 1. The molecule has 2 aromatic rings. The number of aromatic nitrogens is 1. The fourth-order valence-corrected chi connectivity index (χ4v) is 1.73. The monoisotopic (exact) mass is 256 g/mol. The van der Waals surface area contributed by atoms with Crippen molar-refractivity contribution in [2.75, 3.05) is 11.9 Å². The summed E-state index contributed by atoms with van der Waals surface area (Å²) >= 11 is 0. The van der Waals surface area contributed by atoms with Crippen LogP contribution in [0.1, 0.15) is 12.5 Å². The third-order valence-electron chi connectivity index (χ3n) is 2.69. The molecule has 0 bridgehead atoms. The number of carbonyl (C=O) groups excluding carboxylic acids is 1. The highest BCUT2D eigenvalue weighted by atomic mass is 16.5. The zero-order valence-electron chi connectivity index (χ0n) is 11.0. The standard InChI is InChI=1S/C15H16N2O2/c1-3-19-15(18)17-14-10-16-13(9-11(14)2)12-7-5-4-6-8-12/h4-10H,3H2,1-2H3,(H,17,18). The van der Waals surface area contributed by atoms with E-state index >= 15 is 0 Å². The van der Waals surface area contributed by atoms with Crippen molar-refractivity contribution in [2.24, 2.45) is 0 Å². The third kappa shape index (κ3) is 3.31. The molecule has 0 radical (unpaired) electrons. The Morgan fingerprint density at radius 1 is 1.32 bits per heavy atom. The molecule has 98 valence electrons. The first-order valence-corrected chi connectivity index (χ1v) is 6.16. The maximum Gasteiger partial charge on any atom is 0.411 e. The first kappa shape index (κ1) is 13.1. The Morgan fingerprint density at radius 3 is 2.68 bits per heavy atom. The molecular weight excluding hydrogens is 240 g/mol. The quantitative estimate of drug-likeness (QED) is 0.912. The average Bonchev–Trinajstić information content (AvgIpc) is 2.42. The van der Waals surface area contributed by atoms with Crippen LogP contribution >= 0.6 is 0 Å². The van der Waals surface area contributed by atoms with Crippen molar-refractivity contribution in [2.45, 2.75) is 13.8 Å². The summed E-state index contributed by atoms with van der Waals surface area (Å²) in [5, 5.41) is 2.67. The van der Waals surface area contributed by atoms with Gasteiger partial charge in [-0.2, -0.15) is 0 Å². The van der Waals surface area contributed by atoms with Crippen molar-refractivity contribution >= 4 is 11.8 Å². The summed E-state index contributed by atoms with van der Waals surface area (Å²) in [6, 6.07) is 11.8. The van der Waals surface area contributed by atoms with Crippen molar-refractivity contribution < 1.29 is 9.53 Å². The number of hydrogen-bond acceptors (Lipinski definition) is 3. The molecule has 1 amide bonds. The van der Waals surface area contributed by atoms with E-state index < -0.39 is 6.09 Å². The van der Waals surface area contributed by atoms with Gasteiger partial charge in [0.1, 0.15) is 0 Å². The number of hydrogen-bond donors (Lipinski definition) is 1. The second-order valence-corrected chi connectivity index (χ2v) is 4.10. The molecule has 0 unspecified atom stereocenters. The SMILES string of the molecule is CCOC(=O)Nc1cnc(-c2ccccc2)cc1C. The lowest BCUT2D eigenvalue weighted by atomic mass is 10.1. The van der Waals surface area contributed by atoms with Crippen molar-refractivity contribution in [3.05, 3.63) is 48.2 Å². The summed E-state index contributed by atoms with van der Waals surface area (Å²) in [7, 11) is 0. The zero-order chi connectivity index (χ0) is 13.7. The van der Waals surface area contributed by atoms with E-state index in [4.69, 9.17) is 4.74 Å². The number of carbonyl (C=O) groups is 1. The Balaban J connectivity index is 2.20. The summed E-state index contributed by atoms with van der Waals surface area (Å²) < 4.78 is 4.84. The normalized spacial score (nSPS) is 10.0. The van der Waals surface area contributed by atoms with E-state index in [0.29, 0.717) is 12.3 Å². The topological polar surface area (TPSA) is 51.2 Å². The lowest BCUT2D eigenvalue weighted by molar-refractivity contribution is 0.168. The van der Waals surface area contributed by atoms with Crippen molar-refractivity contribution in [1.82, 2.24) is 4.98 Å². The van der Waals surface area contributed by atoms with E-state index in [2.05, 4.69) is 10.3 Å². The number of anilines is 1. The van der Waals surface area contributed by atoms with Gasteiger partial charge < -0.3 is 4.74 Å². The minimum Gasteiger partial charge on any atom is -0.450 e. The molecule has 1 aromatic heterocycles. The van der Waals surface area contributed by atoms with Gasteiger partial charge in [0.05, 0.1) is 24.2 Å². The number of nitrogens with one attached hydrogen (secondary N) is 1. The molecule has 0 aliphatic carbocycles. The van der Waals surface area contributed by atoms with Crippen LogP contribution in [-0.4, -0.2) is 17.7 Å². The molecule has 19 heavy (non-hydrogen) atoms. The number of pyridine rings is 1. The van der Waals surface area contributed by atoms with Crippen LogP contribution in [0.5, 0.6) is 0 Å². The fourth-order valence-electron chi connectivity index (χ4n) is 1.73. The predicted octanol–water partition coefficient (Wildman–Crippen LogP) is 3.63. The number of aryl methyl sites for hydroxylation is 1. The van der Waals surface area contributed by atoms with Crippen LogP contribution < -0.4 is 5.32 Å². The Hall–Kier alpha value is -2.36. The predicted molar refractivity (Wildman–Crippen MR) is 75.1 cm³/mol. The second-order valence-electron chi connectivity index (χ2n) is 4.10. The number of benzene rings is 1. The van der Waals surface area contributed by atoms with Gasteiger partial charge in [-0.25, -0.2) is 4.79 Å². The van der Waals surface area contributed by atoms with E-state index in [-0.39, 0.29) is 0 Å². The molecule has 2 rings (SSSR count). The molecule has 1 heterocycles. The summed E-state index contributed by atoms with van der Waals surface area (Å²) in [6.45, 7) is 4.04. The van der Waals surface area contributed by atoms with Crippen LogP contribution in [0.15, 0.2) is 42.6 Å². The van der Waals surface area contributed by atoms with Crippen LogP contribution in [0.25, 0.3) is 11.3 Å². The van der Waals surface area contributed by atoms with E-state index in [1.165, 1.54) is 0 Å². The van der Waals surface area contributed by atoms with Gasteiger partial charge in [0.25, 0.3) is 0 Å². The summed E-state index contributed by atoms with van der Waals surface area (Å²) in [5.74, 6) is 0. The van der Waals surface area contributed by atoms with E-state index in [1.54, 1.807) is 13.1 Å². The van der Waals surface area contributed by atoms with Gasteiger partial charge in [0.2, 0.25) is 0 Å². The minimum atomic E-state index is -0.458. The van der Waals surface area contributed by atoms with Crippen LogP contribution in [0.3, 0.4) is 0 Å². The lowest BCUT2D eigenvalue weighted by Gasteiger charge is -2.09. The molecule has 1 aromatic carbocycles. The average molecular weight is 256 g/mol. The molecule has 0 saturated carbocycles. The summed E-state index contributed by atoms with van der Waals surface area (Å²) in [4.78, 5) is 15.7. The molecule has 4 nitrogen and oxygen atoms in total. The van der Waals surface area contributed by atoms with Gasteiger partial charge in [-0.15, -0.1) is 0 Å². The molecule has 0 atom stereocenters. The van der Waals surface area contributed by atoms with Crippen molar-refractivity contribution in [1.29, 1.82) is 0 Å². The Bertz CT molecular complexity index is 568. The third-order valence-corrected chi connectivity index (χ3v) is 2.69. The molecule has 0 aliphatic heterocycles. The smallest absolute Gasteiger partial charge is 0.411 e. The minimum absolute atomic E-state index is 0.348. The molecule has 4 heteroatoms. The first-order chi connectivity index (χ1) is 9.20. The Morgan fingerprint density at radius 2 is 2.05 bits per heavy atom. The molecule has 1 N–H and O–H groups in total. The van der Waals surface area contributed by atoms with Gasteiger partial charge in [0, 0.05) is 5.56 Å². The summed E-state index contributed by atoms with van der Waals surface area (Å²) in [5.41, 5.74) is 3.54. The van der Waals surface area contributed by atoms with E-state index in [0.717, 1.165) is 16.8 Å². The lowest BCUT2D eigenvalue weighted by Crippen LogP contribution is -2.14. The van der Waals surface area contributed by atoms with Gasteiger partial charge in [-0.05, 0) is 25.5 Å². The molecule has 0 saturated heterocycles. The first-order valence-electron chi connectivity index (χ1n) is 6.16. The molecule has 0 spiro atoms. The van der Waals surface area contributed by atoms with Gasteiger partial charge in [-0.1, -0.05) is 30.3 Å². The molecular formula is C15H16N2O2. The van der Waals surface area contributed by atoms with Gasteiger partial charge in [0.15, 0.2) is 0 Å². The van der Waals surface area contributed by atoms with Crippen LogP contribution in [-0.2, 0) is 4.74 Å². The van der Waals surface area contributed by atoms with E-state index in [1.807, 2.05) is 43.3 Å². The zero-order valence-corrected chi connectivity index (χ0v) is 11.0.